The molecule has 256 valence electrons. The monoisotopic (exact) mass is 700 g/mol. The van der Waals surface area contributed by atoms with Gasteiger partial charge >= 0.3 is 0 Å². The molecule has 0 N–H and O–H groups in total. The Morgan fingerprint density at radius 3 is 1.56 bits per heavy atom. The van der Waals surface area contributed by atoms with Crippen molar-refractivity contribution in [2.45, 2.75) is 0 Å². The zero-order valence-electron chi connectivity index (χ0n) is 29.8. The van der Waals surface area contributed by atoms with E-state index in [0.717, 1.165) is 44.2 Å². The topological polar surface area (TPSA) is 23.0 Å². The molecule has 3 heterocycles. The van der Waals surface area contributed by atoms with Crippen LogP contribution in [0.1, 0.15) is 0 Å². The first-order chi connectivity index (χ1) is 27.3. The summed E-state index contributed by atoms with van der Waals surface area (Å²) in [5.41, 5.74) is 13.5. The summed E-state index contributed by atoms with van der Waals surface area (Å²) in [6.07, 6.45) is 0. The molecule has 0 saturated carbocycles. The van der Waals surface area contributed by atoms with Crippen LogP contribution in [0.2, 0.25) is 0 Å². The van der Waals surface area contributed by atoms with Gasteiger partial charge in [0.15, 0.2) is 0 Å². The Morgan fingerprint density at radius 1 is 0.309 bits per heavy atom. The third kappa shape index (κ3) is 4.50. The van der Waals surface area contributed by atoms with Crippen LogP contribution in [0.25, 0.3) is 110 Å². The van der Waals surface area contributed by atoms with Crippen molar-refractivity contribution in [3.8, 4) is 33.6 Å². The molecule has 0 radical (unpaired) electrons. The van der Waals surface area contributed by atoms with Crippen LogP contribution in [-0.4, -0.2) is 9.13 Å². The summed E-state index contributed by atoms with van der Waals surface area (Å²) in [6, 6.07) is 70.3. The minimum Gasteiger partial charge on any atom is -0.456 e. The van der Waals surface area contributed by atoms with Crippen LogP contribution in [0.4, 0.5) is 0 Å². The van der Waals surface area contributed by atoms with Gasteiger partial charge in [-0.1, -0.05) is 121 Å². The van der Waals surface area contributed by atoms with Crippen molar-refractivity contribution in [2.75, 3.05) is 0 Å². The van der Waals surface area contributed by atoms with E-state index in [2.05, 4.69) is 197 Å². The lowest BCUT2D eigenvalue weighted by Crippen LogP contribution is -1.95. The van der Waals surface area contributed by atoms with Crippen molar-refractivity contribution in [1.82, 2.24) is 9.13 Å². The minimum atomic E-state index is 0.882. The number of hydrogen-bond acceptors (Lipinski definition) is 1. The molecule has 0 fully saturated rings. The maximum absolute atomic E-state index is 6.62. The van der Waals surface area contributed by atoms with Gasteiger partial charge in [-0.15, -0.1) is 0 Å². The quantitative estimate of drug-likeness (QED) is 0.179. The summed E-state index contributed by atoms with van der Waals surface area (Å²) in [6.45, 7) is 0. The van der Waals surface area contributed by atoms with Gasteiger partial charge in [0.05, 0.1) is 27.8 Å². The highest BCUT2D eigenvalue weighted by atomic mass is 16.3. The van der Waals surface area contributed by atoms with Crippen LogP contribution in [-0.2, 0) is 0 Å². The van der Waals surface area contributed by atoms with Gasteiger partial charge in [-0.25, -0.2) is 0 Å². The van der Waals surface area contributed by atoms with Crippen molar-refractivity contribution in [3.05, 3.63) is 194 Å². The van der Waals surface area contributed by atoms with Crippen molar-refractivity contribution in [1.29, 1.82) is 0 Å². The molecular weight excluding hydrogens is 669 g/mol. The second kappa shape index (κ2) is 11.6. The molecule has 55 heavy (non-hydrogen) atoms. The molecule has 12 aromatic rings. The van der Waals surface area contributed by atoms with E-state index in [1.54, 1.807) is 0 Å². The Hall–Kier alpha value is -7.36. The third-order valence-corrected chi connectivity index (χ3v) is 11.5. The van der Waals surface area contributed by atoms with Gasteiger partial charge in [0.2, 0.25) is 0 Å². The number of benzene rings is 9. The van der Waals surface area contributed by atoms with Crippen LogP contribution in [0.5, 0.6) is 0 Å². The van der Waals surface area contributed by atoms with Gasteiger partial charge in [0.25, 0.3) is 0 Å². The number of para-hydroxylation sites is 4. The summed E-state index contributed by atoms with van der Waals surface area (Å²) < 4.78 is 11.4. The van der Waals surface area contributed by atoms with Crippen molar-refractivity contribution in [3.63, 3.8) is 0 Å². The Labute approximate surface area is 316 Å². The number of hydrogen-bond donors (Lipinski definition) is 0. The Balaban J connectivity index is 1.07. The predicted octanol–water partition coefficient (Wildman–Crippen LogP) is 14.3. The summed E-state index contributed by atoms with van der Waals surface area (Å²) in [5.74, 6) is 0. The van der Waals surface area contributed by atoms with Crippen LogP contribution < -0.4 is 0 Å². The largest absolute Gasteiger partial charge is 0.456 e. The van der Waals surface area contributed by atoms with E-state index in [1.165, 1.54) is 65.7 Å². The fourth-order valence-electron chi connectivity index (χ4n) is 8.99. The first-order valence-corrected chi connectivity index (χ1v) is 18.8. The van der Waals surface area contributed by atoms with E-state index in [0.29, 0.717) is 0 Å². The fraction of sp³-hybridized carbons (Fsp3) is 0. The molecule has 0 unspecified atom stereocenters. The van der Waals surface area contributed by atoms with Gasteiger partial charge in [0, 0.05) is 44.1 Å². The molecule has 3 heteroatoms. The molecule has 0 amide bonds. The molecule has 0 saturated heterocycles. The van der Waals surface area contributed by atoms with Crippen molar-refractivity contribution >= 4 is 76.3 Å². The first-order valence-electron chi connectivity index (χ1n) is 18.8. The van der Waals surface area contributed by atoms with E-state index < -0.39 is 0 Å². The van der Waals surface area contributed by atoms with Crippen LogP contribution in [0, 0.1) is 0 Å². The molecule has 3 nitrogen and oxygen atoms in total. The summed E-state index contributed by atoms with van der Waals surface area (Å²) in [5, 5.41) is 9.66. The maximum atomic E-state index is 6.62. The number of rotatable bonds is 4. The average Bonchev–Trinajstić information content (AvgIpc) is 3.90. The van der Waals surface area contributed by atoms with Crippen molar-refractivity contribution in [2.24, 2.45) is 0 Å². The Morgan fingerprint density at radius 2 is 0.855 bits per heavy atom. The van der Waals surface area contributed by atoms with Gasteiger partial charge in [-0.2, -0.15) is 0 Å². The molecule has 9 aromatic carbocycles. The maximum Gasteiger partial charge on any atom is 0.138 e. The highest BCUT2D eigenvalue weighted by Gasteiger charge is 2.20. The lowest BCUT2D eigenvalue weighted by molar-refractivity contribution is 0.668. The zero-order chi connectivity index (χ0) is 36.0. The first kappa shape index (κ1) is 30.1. The van der Waals surface area contributed by atoms with Crippen molar-refractivity contribution < 1.29 is 4.42 Å². The van der Waals surface area contributed by atoms with Gasteiger partial charge in [0.1, 0.15) is 11.2 Å². The van der Waals surface area contributed by atoms with E-state index in [1.807, 2.05) is 6.07 Å². The smallest absolute Gasteiger partial charge is 0.138 e. The van der Waals surface area contributed by atoms with Crippen LogP contribution >= 0.6 is 0 Å². The number of aromatic nitrogens is 2. The van der Waals surface area contributed by atoms with E-state index >= 15 is 0 Å². The molecule has 0 spiro atoms. The summed E-state index contributed by atoms with van der Waals surface area (Å²) in [7, 11) is 0. The van der Waals surface area contributed by atoms with E-state index in [4.69, 9.17) is 4.42 Å². The van der Waals surface area contributed by atoms with Gasteiger partial charge in [-0.3, -0.25) is 0 Å². The molecule has 12 rings (SSSR count). The fourth-order valence-corrected chi connectivity index (χ4v) is 8.99. The summed E-state index contributed by atoms with van der Waals surface area (Å²) in [4.78, 5) is 0. The Kier molecular flexibility index (Phi) is 6.34. The normalized spacial score (nSPS) is 12.0. The molecule has 0 aliphatic heterocycles. The standard InChI is InChI=1S/C52H32N2O/c1-2-14-38(15-3-1)53-46-19-9-6-16-40(46)44-29-35(24-26-48(44)53)36-25-27-49-45(30-36)41-17-7-10-20-47(41)54(49)39-31-43(37-23-22-33-12-4-5-13-34(33)28-37)52-42-18-8-11-21-50(42)55-51(52)32-39/h1-32H. The SMILES string of the molecule is c1ccc(-n2c3ccccc3c3cc(-c4ccc5c(c4)c4ccccc4n5-c4cc(-c5ccc6ccccc6c5)c5c(c4)oc4ccccc45)ccc32)cc1. The van der Waals surface area contributed by atoms with Gasteiger partial charge < -0.3 is 13.6 Å². The average molecular weight is 701 g/mol. The second-order valence-electron chi connectivity index (χ2n) is 14.5. The van der Waals surface area contributed by atoms with Crippen LogP contribution in [0.15, 0.2) is 199 Å². The van der Waals surface area contributed by atoms with Gasteiger partial charge in [-0.05, 0) is 99.8 Å². The second-order valence-corrected chi connectivity index (χ2v) is 14.5. The van der Waals surface area contributed by atoms with Crippen LogP contribution in [0.3, 0.4) is 0 Å². The van der Waals surface area contributed by atoms with E-state index in [-0.39, 0.29) is 0 Å². The molecule has 3 aromatic heterocycles. The predicted molar refractivity (Wildman–Crippen MR) is 231 cm³/mol. The lowest BCUT2D eigenvalue weighted by atomic mass is 9.96. The van der Waals surface area contributed by atoms with E-state index in [9.17, 15) is 0 Å². The highest BCUT2D eigenvalue weighted by Crippen LogP contribution is 2.42. The minimum absolute atomic E-state index is 0.882. The molecular formula is C52H32N2O. The molecule has 0 bridgehead atoms. The molecule has 0 aliphatic rings. The molecule has 0 atom stereocenters. The Bertz CT molecular complexity index is 3490. The lowest BCUT2D eigenvalue weighted by Gasteiger charge is -2.13. The third-order valence-electron chi connectivity index (χ3n) is 11.5. The number of fused-ring (bicyclic) bond motifs is 10. The molecule has 0 aliphatic carbocycles. The zero-order valence-corrected chi connectivity index (χ0v) is 29.8. The summed E-state index contributed by atoms with van der Waals surface area (Å²) >= 11 is 0. The highest BCUT2D eigenvalue weighted by molar-refractivity contribution is 6.16. The number of furan rings is 1. The number of nitrogens with zero attached hydrogens (tertiary/aromatic N) is 2.